The summed E-state index contributed by atoms with van der Waals surface area (Å²) in [6.07, 6.45) is 0.857. The quantitative estimate of drug-likeness (QED) is 0.836. The van der Waals surface area contributed by atoms with Crippen LogP contribution in [-0.2, 0) is 11.2 Å². The van der Waals surface area contributed by atoms with Crippen LogP contribution in [0.1, 0.15) is 12.7 Å². The number of anilines is 1. The predicted molar refractivity (Wildman–Crippen MR) is 65.6 cm³/mol. The normalized spacial score (nSPS) is 17.4. The molecule has 2 heterocycles. The van der Waals surface area contributed by atoms with Gasteiger partial charge >= 0.3 is 5.97 Å². The van der Waals surface area contributed by atoms with Gasteiger partial charge in [0.25, 0.3) is 0 Å². The smallest absolute Gasteiger partial charge is 0.317 e. The third-order valence-corrected chi connectivity index (χ3v) is 3.59. The number of hydrogen-bond acceptors (Lipinski definition) is 6. The second-order valence-electron chi connectivity index (χ2n) is 4.00. The van der Waals surface area contributed by atoms with Crippen molar-refractivity contribution in [1.29, 1.82) is 0 Å². The number of aryl methyl sites for hydroxylation is 1. The summed E-state index contributed by atoms with van der Waals surface area (Å²) < 4.78 is 4.26. The van der Waals surface area contributed by atoms with Crippen molar-refractivity contribution in [3.63, 3.8) is 0 Å². The Morgan fingerprint density at radius 1 is 1.41 bits per heavy atom. The van der Waals surface area contributed by atoms with E-state index in [-0.39, 0.29) is 6.54 Å². The molecule has 0 atom stereocenters. The molecule has 0 bridgehead atoms. The Bertz CT molecular complexity index is 387. The van der Waals surface area contributed by atoms with Crippen molar-refractivity contribution in [1.82, 2.24) is 14.3 Å². The van der Waals surface area contributed by atoms with Crippen molar-refractivity contribution < 1.29 is 9.90 Å². The number of rotatable bonds is 4. The molecule has 2 rings (SSSR count). The summed E-state index contributed by atoms with van der Waals surface area (Å²) in [5, 5.41) is 9.66. The van der Waals surface area contributed by atoms with E-state index < -0.39 is 5.97 Å². The number of nitrogens with zero attached hydrogens (tertiary/aromatic N) is 4. The van der Waals surface area contributed by atoms with Gasteiger partial charge in [0.1, 0.15) is 5.82 Å². The van der Waals surface area contributed by atoms with E-state index in [4.69, 9.17) is 5.11 Å². The maximum Gasteiger partial charge on any atom is 0.317 e. The lowest BCUT2D eigenvalue weighted by molar-refractivity contribution is -0.138. The molecule has 1 N–H and O–H groups in total. The van der Waals surface area contributed by atoms with E-state index in [1.165, 1.54) is 11.5 Å². The third-order valence-electron chi connectivity index (χ3n) is 2.78. The minimum absolute atomic E-state index is 0.129. The number of aliphatic carboxylic acids is 1. The summed E-state index contributed by atoms with van der Waals surface area (Å²) in [6, 6.07) is 0. The van der Waals surface area contributed by atoms with E-state index in [1.54, 1.807) is 0 Å². The first-order chi connectivity index (χ1) is 8.19. The Balaban J connectivity index is 1.88. The SMILES string of the molecule is CCc1nsc(N2CCN(CC(=O)O)CC2)n1. The fraction of sp³-hybridized carbons (Fsp3) is 0.700. The molecule has 1 fully saturated rings. The first-order valence-electron chi connectivity index (χ1n) is 5.70. The van der Waals surface area contributed by atoms with Crippen LogP contribution in [0.3, 0.4) is 0 Å². The zero-order valence-electron chi connectivity index (χ0n) is 9.80. The molecule has 0 aliphatic carbocycles. The van der Waals surface area contributed by atoms with Crippen LogP contribution in [0.4, 0.5) is 5.13 Å². The molecule has 1 aliphatic heterocycles. The third kappa shape index (κ3) is 3.13. The first kappa shape index (κ1) is 12.3. The van der Waals surface area contributed by atoms with E-state index in [2.05, 4.69) is 14.3 Å². The van der Waals surface area contributed by atoms with Gasteiger partial charge in [-0.25, -0.2) is 4.98 Å². The Kier molecular flexibility index (Phi) is 3.90. The second-order valence-corrected chi connectivity index (χ2v) is 4.73. The van der Waals surface area contributed by atoms with Crippen LogP contribution in [-0.4, -0.2) is 58.1 Å². The van der Waals surface area contributed by atoms with Crippen molar-refractivity contribution >= 4 is 22.6 Å². The average molecular weight is 256 g/mol. The minimum Gasteiger partial charge on any atom is -0.480 e. The summed E-state index contributed by atoms with van der Waals surface area (Å²) >= 11 is 1.43. The Labute approximate surface area is 104 Å². The highest BCUT2D eigenvalue weighted by molar-refractivity contribution is 7.09. The number of carboxylic acids is 1. The lowest BCUT2D eigenvalue weighted by atomic mass is 10.3. The topological polar surface area (TPSA) is 69.6 Å². The largest absolute Gasteiger partial charge is 0.480 e. The van der Waals surface area contributed by atoms with Gasteiger partial charge < -0.3 is 10.0 Å². The Morgan fingerprint density at radius 2 is 2.12 bits per heavy atom. The van der Waals surface area contributed by atoms with Crippen LogP contribution < -0.4 is 4.90 Å². The summed E-state index contributed by atoms with van der Waals surface area (Å²) in [5.41, 5.74) is 0. The number of aromatic nitrogens is 2. The van der Waals surface area contributed by atoms with Gasteiger partial charge in [-0.2, -0.15) is 4.37 Å². The summed E-state index contributed by atoms with van der Waals surface area (Å²) in [5.74, 6) is 0.126. The van der Waals surface area contributed by atoms with Crippen molar-refractivity contribution in [3.05, 3.63) is 5.82 Å². The van der Waals surface area contributed by atoms with Gasteiger partial charge in [-0.05, 0) is 0 Å². The maximum absolute atomic E-state index is 10.6. The van der Waals surface area contributed by atoms with Crippen LogP contribution >= 0.6 is 11.5 Å². The predicted octanol–water partition coefficient (Wildman–Crippen LogP) is 0.307. The van der Waals surface area contributed by atoms with Crippen molar-refractivity contribution in [2.45, 2.75) is 13.3 Å². The van der Waals surface area contributed by atoms with Gasteiger partial charge in [0.15, 0.2) is 0 Å². The molecular formula is C10H16N4O2S. The first-order valence-corrected chi connectivity index (χ1v) is 6.48. The molecule has 94 valence electrons. The van der Waals surface area contributed by atoms with E-state index in [0.717, 1.165) is 43.6 Å². The lowest BCUT2D eigenvalue weighted by Gasteiger charge is -2.33. The molecule has 1 saturated heterocycles. The monoisotopic (exact) mass is 256 g/mol. The van der Waals surface area contributed by atoms with E-state index in [0.29, 0.717) is 0 Å². The van der Waals surface area contributed by atoms with E-state index >= 15 is 0 Å². The number of carboxylic acid groups (broad SMARTS) is 1. The van der Waals surface area contributed by atoms with E-state index in [1.807, 2.05) is 11.8 Å². The molecule has 1 aliphatic rings. The molecule has 7 heteroatoms. The standard InChI is InChI=1S/C10H16N4O2S/c1-2-8-11-10(17-12-8)14-5-3-13(4-6-14)7-9(15)16/h2-7H2,1H3,(H,15,16). The van der Waals surface area contributed by atoms with Gasteiger partial charge in [-0.3, -0.25) is 9.69 Å². The molecule has 6 nitrogen and oxygen atoms in total. The highest BCUT2D eigenvalue weighted by Gasteiger charge is 2.20. The average Bonchev–Trinajstić information content (AvgIpc) is 2.78. The van der Waals surface area contributed by atoms with E-state index in [9.17, 15) is 4.79 Å². The molecule has 1 aromatic heterocycles. The fourth-order valence-electron chi connectivity index (χ4n) is 1.81. The minimum atomic E-state index is -0.761. The van der Waals surface area contributed by atoms with Gasteiger partial charge in [0, 0.05) is 44.1 Å². The van der Waals surface area contributed by atoms with Crippen molar-refractivity contribution in [2.75, 3.05) is 37.6 Å². The molecule has 0 spiro atoms. The van der Waals surface area contributed by atoms with Crippen LogP contribution in [0.5, 0.6) is 0 Å². The molecule has 0 saturated carbocycles. The lowest BCUT2D eigenvalue weighted by Crippen LogP contribution is -2.47. The van der Waals surface area contributed by atoms with Crippen molar-refractivity contribution in [3.8, 4) is 0 Å². The van der Waals surface area contributed by atoms with Gasteiger partial charge in [0.05, 0.1) is 6.54 Å². The molecule has 17 heavy (non-hydrogen) atoms. The zero-order valence-corrected chi connectivity index (χ0v) is 10.6. The summed E-state index contributed by atoms with van der Waals surface area (Å²) in [4.78, 5) is 19.1. The molecular weight excluding hydrogens is 240 g/mol. The number of piperazine rings is 1. The molecule has 0 unspecified atom stereocenters. The molecule has 0 radical (unpaired) electrons. The molecule has 1 aromatic rings. The van der Waals surface area contributed by atoms with Crippen LogP contribution in [0, 0.1) is 0 Å². The van der Waals surface area contributed by atoms with Gasteiger partial charge in [-0.15, -0.1) is 0 Å². The Hall–Kier alpha value is -1.21. The highest BCUT2D eigenvalue weighted by atomic mass is 32.1. The summed E-state index contributed by atoms with van der Waals surface area (Å²) in [7, 11) is 0. The van der Waals surface area contributed by atoms with Crippen LogP contribution in [0.15, 0.2) is 0 Å². The van der Waals surface area contributed by atoms with Gasteiger partial charge in [-0.1, -0.05) is 6.92 Å². The maximum atomic E-state index is 10.6. The number of carbonyl (C=O) groups is 1. The van der Waals surface area contributed by atoms with Crippen LogP contribution in [0.25, 0.3) is 0 Å². The van der Waals surface area contributed by atoms with Crippen molar-refractivity contribution in [2.24, 2.45) is 0 Å². The fourth-order valence-corrected chi connectivity index (χ4v) is 2.61. The highest BCUT2D eigenvalue weighted by Crippen LogP contribution is 2.18. The molecule has 0 amide bonds. The second kappa shape index (κ2) is 5.42. The molecule has 0 aromatic carbocycles. The number of hydrogen-bond donors (Lipinski definition) is 1. The van der Waals surface area contributed by atoms with Gasteiger partial charge in [0.2, 0.25) is 5.13 Å². The Morgan fingerprint density at radius 3 is 2.65 bits per heavy atom. The summed E-state index contributed by atoms with van der Waals surface area (Å²) in [6.45, 7) is 5.36. The van der Waals surface area contributed by atoms with Crippen LogP contribution in [0.2, 0.25) is 0 Å². The zero-order chi connectivity index (χ0) is 12.3.